The quantitative estimate of drug-likeness (QED) is 0.196. The molecule has 0 saturated heterocycles. The van der Waals surface area contributed by atoms with Crippen molar-refractivity contribution in [2.24, 2.45) is 9.98 Å². The molecule has 0 amide bonds. The monoisotopic (exact) mass is 539 g/mol. The molecule has 3 aromatic carbocycles. The van der Waals surface area contributed by atoms with Gasteiger partial charge in [-0.3, -0.25) is 15.6 Å². The summed E-state index contributed by atoms with van der Waals surface area (Å²) >= 11 is 0. The van der Waals surface area contributed by atoms with E-state index in [1.54, 1.807) is 6.20 Å². The summed E-state index contributed by atoms with van der Waals surface area (Å²) in [6.07, 6.45) is 1.76. The van der Waals surface area contributed by atoms with Gasteiger partial charge >= 0.3 is 0 Å². The minimum Gasteiger partial charge on any atom is -0.324 e. The Morgan fingerprint density at radius 3 is 2.02 bits per heavy atom. The summed E-state index contributed by atoms with van der Waals surface area (Å²) in [7, 11) is 0. The van der Waals surface area contributed by atoms with E-state index in [4.69, 9.17) is 20.0 Å². The molecule has 3 aromatic heterocycles. The summed E-state index contributed by atoms with van der Waals surface area (Å²) in [5.74, 6) is 2.12. The van der Waals surface area contributed by atoms with E-state index < -0.39 is 11.3 Å². The van der Waals surface area contributed by atoms with Crippen molar-refractivity contribution >= 4 is 45.9 Å². The molecule has 11 nitrogen and oxygen atoms in total. The highest BCUT2D eigenvalue weighted by atomic mass is 15.5. The number of fused-ring (bicyclic) bond motifs is 3. The minimum absolute atomic E-state index is 0.494. The van der Waals surface area contributed by atoms with E-state index in [1.807, 2.05) is 84.9 Å². The molecule has 0 fully saturated rings. The SMILES string of the molecule is Cc1ccc2nc(NC3=NC4(c5ccccc5)N=C(Nc5nc6ccccc6[nH]5)NC4(c4ccccn4)N3)[nH]c2c1. The number of aromatic amines is 2. The third-order valence-corrected chi connectivity index (χ3v) is 7.41. The van der Waals surface area contributed by atoms with Crippen LogP contribution in [0.5, 0.6) is 0 Å². The molecule has 2 unspecified atom stereocenters. The van der Waals surface area contributed by atoms with Gasteiger partial charge in [-0.15, -0.1) is 0 Å². The number of para-hydroxylation sites is 2. The molecule has 2 atom stereocenters. The molecular weight excluding hydrogens is 514 g/mol. The number of guanidine groups is 2. The fourth-order valence-corrected chi connectivity index (χ4v) is 5.58. The minimum atomic E-state index is -1.15. The molecule has 2 aliphatic heterocycles. The molecule has 200 valence electrons. The zero-order chi connectivity index (χ0) is 27.4. The standard InChI is InChI=1S/C30H25N11/c1-18-14-15-22-23(17-18)35-26(34-22)37-28-39-29(19-9-3-2-4-10-19)30(41-28,24-13-7-8-16-31-24)40-27(38-29)36-25-32-20-11-5-6-12-21(20)33-25/h2-17H,1H3,(H3,32,33,36,38,40)(H3,34,35,37,39,41). The molecule has 0 aliphatic carbocycles. The largest absolute Gasteiger partial charge is 0.324 e. The van der Waals surface area contributed by atoms with Crippen molar-refractivity contribution in [3.8, 4) is 0 Å². The lowest BCUT2D eigenvalue weighted by Gasteiger charge is -2.36. The predicted molar refractivity (Wildman–Crippen MR) is 159 cm³/mol. The maximum Gasteiger partial charge on any atom is 0.230 e. The molecule has 0 saturated carbocycles. The van der Waals surface area contributed by atoms with Gasteiger partial charge in [0.15, 0.2) is 0 Å². The third kappa shape index (κ3) is 3.63. The zero-order valence-corrected chi connectivity index (χ0v) is 22.0. The predicted octanol–water partition coefficient (Wildman–Crippen LogP) is 4.29. The number of aryl methyl sites for hydroxylation is 1. The molecule has 0 bridgehead atoms. The topological polar surface area (TPSA) is 143 Å². The molecule has 0 radical (unpaired) electrons. The van der Waals surface area contributed by atoms with Crippen LogP contribution in [0, 0.1) is 6.92 Å². The highest BCUT2D eigenvalue weighted by molar-refractivity contribution is 6.01. The first-order valence-corrected chi connectivity index (χ1v) is 13.3. The van der Waals surface area contributed by atoms with Crippen LogP contribution in [0.2, 0.25) is 0 Å². The Balaban J connectivity index is 1.25. The second-order valence-electron chi connectivity index (χ2n) is 10.1. The Bertz CT molecular complexity index is 1940. The van der Waals surface area contributed by atoms with E-state index in [1.165, 1.54) is 0 Å². The van der Waals surface area contributed by atoms with Crippen LogP contribution in [0.1, 0.15) is 16.8 Å². The van der Waals surface area contributed by atoms with Crippen LogP contribution in [0.3, 0.4) is 0 Å². The maximum absolute atomic E-state index is 5.19. The van der Waals surface area contributed by atoms with Gasteiger partial charge in [0.05, 0.1) is 27.8 Å². The van der Waals surface area contributed by atoms with Crippen LogP contribution in [0.4, 0.5) is 11.9 Å². The Morgan fingerprint density at radius 1 is 0.659 bits per heavy atom. The fraction of sp³-hybridized carbons (Fsp3) is 0.100. The first-order chi connectivity index (χ1) is 20.1. The van der Waals surface area contributed by atoms with Crippen molar-refractivity contribution < 1.29 is 0 Å². The van der Waals surface area contributed by atoms with E-state index >= 15 is 0 Å². The fourth-order valence-electron chi connectivity index (χ4n) is 5.58. The summed E-state index contributed by atoms with van der Waals surface area (Å²) in [6, 6.07) is 29.7. The van der Waals surface area contributed by atoms with Crippen LogP contribution >= 0.6 is 0 Å². The van der Waals surface area contributed by atoms with Gasteiger partial charge in [-0.25, -0.2) is 20.0 Å². The number of nitrogens with zero attached hydrogens (tertiary/aromatic N) is 5. The number of hydrogen-bond acceptors (Lipinski definition) is 9. The van der Waals surface area contributed by atoms with E-state index in [-0.39, 0.29) is 0 Å². The van der Waals surface area contributed by atoms with Crippen LogP contribution < -0.4 is 21.3 Å². The summed E-state index contributed by atoms with van der Waals surface area (Å²) in [5, 5.41) is 13.9. The molecule has 0 spiro atoms. The van der Waals surface area contributed by atoms with Gasteiger partial charge in [-0.2, -0.15) is 0 Å². The van der Waals surface area contributed by atoms with E-state index in [0.29, 0.717) is 23.8 Å². The highest BCUT2D eigenvalue weighted by Crippen LogP contribution is 2.49. The van der Waals surface area contributed by atoms with Gasteiger partial charge < -0.3 is 20.6 Å². The van der Waals surface area contributed by atoms with Crippen molar-refractivity contribution in [2.45, 2.75) is 18.2 Å². The van der Waals surface area contributed by atoms with E-state index in [9.17, 15) is 0 Å². The van der Waals surface area contributed by atoms with Gasteiger partial charge in [0, 0.05) is 11.8 Å². The van der Waals surface area contributed by atoms with Crippen LogP contribution in [-0.2, 0) is 11.3 Å². The van der Waals surface area contributed by atoms with E-state index in [2.05, 4.69) is 49.2 Å². The molecule has 5 heterocycles. The van der Waals surface area contributed by atoms with Gasteiger partial charge in [0.1, 0.15) is 0 Å². The van der Waals surface area contributed by atoms with Crippen LogP contribution in [0.15, 0.2) is 107 Å². The summed E-state index contributed by atoms with van der Waals surface area (Å²) in [4.78, 5) is 31.2. The lowest BCUT2D eigenvalue weighted by Crippen LogP contribution is -2.61. The first kappa shape index (κ1) is 23.2. The number of benzene rings is 3. The first-order valence-electron chi connectivity index (χ1n) is 13.3. The van der Waals surface area contributed by atoms with Gasteiger partial charge in [-0.05, 0) is 48.9 Å². The van der Waals surface area contributed by atoms with Crippen molar-refractivity contribution in [1.29, 1.82) is 0 Å². The Morgan fingerprint density at radius 2 is 1.32 bits per heavy atom. The number of H-pyrrole nitrogens is 2. The number of imidazole rings is 2. The van der Waals surface area contributed by atoms with Gasteiger partial charge in [-0.1, -0.05) is 54.6 Å². The number of hydrogen-bond donors (Lipinski definition) is 6. The lowest BCUT2D eigenvalue weighted by molar-refractivity contribution is 0.227. The smallest absolute Gasteiger partial charge is 0.230 e. The number of rotatable bonds is 4. The Kier molecular flexibility index (Phi) is 4.89. The van der Waals surface area contributed by atoms with Gasteiger partial charge in [0.25, 0.3) is 0 Å². The van der Waals surface area contributed by atoms with E-state index in [0.717, 1.165) is 38.9 Å². The number of aromatic nitrogens is 5. The number of aliphatic imine (C=N–C) groups is 2. The normalized spacial score (nSPS) is 21.2. The zero-order valence-electron chi connectivity index (χ0n) is 22.0. The molecular formula is C30H25N11. The number of pyridine rings is 1. The summed E-state index contributed by atoms with van der Waals surface area (Å²) < 4.78 is 0. The van der Waals surface area contributed by atoms with Crippen molar-refractivity contribution in [2.75, 3.05) is 10.6 Å². The second kappa shape index (κ2) is 8.65. The molecule has 8 rings (SSSR count). The molecule has 11 heteroatoms. The Labute approximate surface area is 234 Å². The average Bonchev–Trinajstić information content (AvgIpc) is 3.73. The second-order valence-corrected chi connectivity index (χ2v) is 10.1. The third-order valence-electron chi connectivity index (χ3n) is 7.41. The number of nitrogens with one attached hydrogen (secondary N) is 6. The Hall–Kier alpha value is -5.71. The van der Waals surface area contributed by atoms with Crippen molar-refractivity contribution in [3.63, 3.8) is 0 Å². The van der Waals surface area contributed by atoms with Crippen LogP contribution in [-0.4, -0.2) is 36.8 Å². The molecule has 6 N–H and O–H groups in total. The molecule has 41 heavy (non-hydrogen) atoms. The molecule has 6 aromatic rings. The molecule has 2 aliphatic rings. The summed E-state index contributed by atoms with van der Waals surface area (Å²) in [6.45, 7) is 2.05. The van der Waals surface area contributed by atoms with Gasteiger partial charge in [0.2, 0.25) is 35.1 Å². The number of anilines is 2. The van der Waals surface area contributed by atoms with Crippen molar-refractivity contribution in [1.82, 2.24) is 35.6 Å². The lowest BCUT2D eigenvalue weighted by atomic mass is 9.85. The summed E-state index contributed by atoms with van der Waals surface area (Å²) in [5.41, 5.74) is 4.12. The maximum atomic E-state index is 5.19. The average molecular weight is 540 g/mol. The highest BCUT2D eigenvalue weighted by Gasteiger charge is 2.64. The van der Waals surface area contributed by atoms with Crippen molar-refractivity contribution in [3.05, 3.63) is 114 Å². The van der Waals surface area contributed by atoms with Crippen LogP contribution in [0.25, 0.3) is 22.1 Å².